The molecule has 1 saturated heterocycles. The fourth-order valence-electron chi connectivity index (χ4n) is 2.20. The number of pyridine rings is 1. The number of rotatable bonds is 1. The van der Waals surface area contributed by atoms with Crippen molar-refractivity contribution in [1.82, 2.24) is 4.98 Å². The first kappa shape index (κ1) is 12.2. The minimum Gasteiger partial charge on any atom is -0.397 e. The highest BCUT2D eigenvalue weighted by Crippen LogP contribution is 2.23. The lowest BCUT2D eigenvalue weighted by molar-refractivity contribution is 0.566. The van der Waals surface area contributed by atoms with Gasteiger partial charge in [-0.3, -0.25) is 0 Å². The van der Waals surface area contributed by atoms with Gasteiger partial charge in [0.2, 0.25) is 0 Å². The summed E-state index contributed by atoms with van der Waals surface area (Å²) in [6.45, 7) is 4.35. The molecule has 17 heavy (non-hydrogen) atoms. The molecule has 0 aromatic carbocycles. The Hall–Kier alpha value is -1.30. The van der Waals surface area contributed by atoms with Crippen LogP contribution in [0.2, 0.25) is 0 Å². The molecule has 5 nitrogen and oxygen atoms in total. The molecule has 6 heteroatoms. The molecule has 1 fully saturated rings. The van der Waals surface area contributed by atoms with Crippen molar-refractivity contribution in [2.24, 2.45) is 0 Å². The van der Waals surface area contributed by atoms with Crippen LogP contribution in [0.5, 0.6) is 0 Å². The molecule has 1 aromatic heterocycles. The van der Waals surface area contributed by atoms with E-state index in [1.54, 1.807) is 6.20 Å². The molecule has 1 atom stereocenters. The van der Waals surface area contributed by atoms with Crippen molar-refractivity contribution in [3.63, 3.8) is 0 Å². The molecule has 0 amide bonds. The van der Waals surface area contributed by atoms with Gasteiger partial charge in [0.25, 0.3) is 0 Å². The molecule has 0 saturated carbocycles. The quantitative estimate of drug-likeness (QED) is 0.795. The van der Waals surface area contributed by atoms with Crippen LogP contribution in [0, 0.1) is 6.92 Å². The van der Waals surface area contributed by atoms with Crippen molar-refractivity contribution in [2.75, 3.05) is 28.7 Å². The van der Waals surface area contributed by atoms with Gasteiger partial charge in [-0.25, -0.2) is 13.4 Å². The zero-order valence-corrected chi connectivity index (χ0v) is 10.9. The van der Waals surface area contributed by atoms with Crippen LogP contribution < -0.4 is 10.6 Å². The molecule has 1 unspecified atom stereocenters. The molecule has 2 N–H and O–H groups in total. The first-order chi connectivity index (χ1) is 7.89. The standard InChI is InChI=1S/C11H17N3O2S/c1-8-5-10(12)6-13-11(8)14-3-4-17(15,16)7-9(14)2/h5-6,9H,3-4,7,12H2,1-2H3. The number of hydrogen-bond donors (Lipinski definition) is 1. The van der Waals surface area contributed by atoms with E-state index in [2.05, 4.69) is 4.98 Å². The van der Waals surface area contributed by atoms with Crippen LogP contribution in [0.3, 0.4) is 0 Å². The van der Waals surface area contributed by atoms with E-state index in [4.69, 9.17) is 5.73 Å². The lowest BCUT2D eigenvalue weighted by atomic mass is 10.2. The summed E-state index contributed by atoms with van der Waals surface area (Å²) < 4.78 is 23.0. The summed E-state index contributed by atoms with van der Waals surface area (Å²) >= 11 is 0. The van der Waals surface area contributed by atoms with Gasteiger partial charge in [0.1, 0.15) is 5.82 Å². The molecule has 0 radical (unpaired) electrons. The van der Waals surface area contributed by atoms with Gasteiger partial charge >= 0.3 is 0 Å². The van der Waals surface area contributed by atoms with Gasteiger partial charge in [0.05, 0.1) is 23.4 Å². The second-order valence-corrected chi connectivity index (χ2v) is 6.79. The number of aromatic nitrogens is 1. The first-order valence-electron chi connectivity index (χ1n) is 5.58. The molecule has 1 aromatic rings. The molecule has 1 aliphatic heterocycles. The average Bonchev–Trinajstić information content (AvgIpc) is 2.18. The predicted octanol–water partition coefficient (Wildman–Crippen LogP) is 0.596. The topological polar surface area (TPSA) is 76.3 Å². The minimum atomic E-state index is -2.89. The van der Waals surface area contributed by atoms with Gasteiger partial charge in [-0.2, -0.15) is 0 Å². The number of sulfone groups is 1. The molecule has 2 rings (SSSR count). The van der Waals surface area contributed by atoms with Crippen LogP contribution in [0.1, 0.15) is 12.5 Å². The van der Waals surface area contributed by atoms with Crippen molar-refractivity contribution in [3.05, 3.63) is 17.8 Å². The molecule has 1 aliphatic rings. The van der Waals surface area contributed by atoms with E-state index in [1.165, 1.54) is 0 Å². The van der Waals surface area contributed by atoms with Crippen molar-refractivity contribution in [2.45, 2.75) is 19.9 Å². The highest BCUT2D eigenvalue weighted by atomic mass is 32.2. The molecule has 94 valence electrons. The Morgan fingerprint density at radius 3 is 2.82 bits per heavy atom. The average molecular weight is 255 g/mol. The fraction of sp³-hybridized carbons (Fsp3) is 0.545. The van der Waals surface area contributed by atoms with E-state index in [0.717, 1.165) is 11.4 Å². The third-order valence-corrected chi connectivity index (χ3v) is 4.81. The van der Waals surface area contributed by atoms with Crippen LogP contribution in [0.15, 0.2) is 12.3 Å². The molecule has 0 aliphatic carbocycles. The third-order valence-electron chi connectivity index (χ3n) is 3.01. The van der Waals surface area contributed by atoms with Gasteiger partial charge < -0.3 is 10.6 Å². The first-order valence-corrected chi connectivity index (χ1v) is 7.40. The molecular weight excluding hydrogens is 238 g/mol. The van der Waals surface area contributed by atoms with Crippen LogP contribution in [-0.4, -0.2) is 37.5 Å². The molecular formula is C11H17N3O2S. The fourth-order valence-corrected chi connectivity index (χ4v) is 3.76. The maximum Gasteiger partial charge on any atom is 0.154 e. The van der Waals surface area contributed by atoms with Crippen molar-refractivity contribution >= 4 is 21.3 Å². The van der Waals surface area contributed by atoms with Gasteiger partial charge in [0.15, 0.2) is 9.84 Å². The number of anilines is 2. The van der Waals surface area contributed by atoms with Gasteiger partial charge in [0, 0.05) is 12.6 Å². The maximum atomic E-state index is 11.5. The Morgan fingerprint density at radius 1 is 1.53 bits per heavy atom. The van der Waals surface area contributed by atoms with E-state index >= 15 is 0 Å². The Bertz CT molecular complexity index is 528. The molecule has 2 heterocycles. The summed E-state index contributed by atoms with van der Waals surface area (Å²) in [6, 6.07) is 1.82. The highest BCUT2D eigenvalue weighted by Gasteiger charge is 2.29. The van der Waals surface area contributed by atoms with Crippen LogP contribution in [-0.2, 0) is 9.84 Å². The smallest absolute Gasteiger partial charge is 0.154 e. The number of hydrogen-bond acceptors (Lipinski definition) is 5. The van der Waals surface area contributed by atoms with Crippen LogP contribution >= 0.6 is 0 Å². The highest BCUT2D eigenvalue weighted by molar-refractivity contribution is 7.91. The van der Waals surface area contributed by atoms with E-state index < -0.39 is 9.84 Å². The lowest BCUT2D eigenvalue weighted by Gasteiger charge is -2.35. The van der Waals surface area contributed by atoms with Crippen molar-refractivity contribution < 1.29 is 8.42 Å². The summed E-state index contributed by atoms with van der Waals surface area (Å²) in [5, 5.41) is 0. The molecule has 0 spiro atoms. The second-order valence-electron chi connectivity index (χ2n) is 4.57. The van der Waals surface area contributed by atoms with E-state index in [0.29, 0.717) is 12.2 Å². The monoisotopic (exact) mass is 255 g/mol. The van der Waals surface area contributed by atoms with Crippen molar-refractivity contribution in [3.8, 4) is 0 Å². The lowest BCUT2D eigenvalue weighted by Crippen LogP contribution is -2.47. The third kappa shape index (κ3) is 2.52. The zero-order valence-electron chi connectivity index (χ0n) is 10.0. The minimum absolute atomic E-state index is 0.0384. The van der Waals surface area contributed by atoms with Crippen LogP contribution in [0.25, 0.3) is 0 Å². The predicted molar refractivity (Wildman–Crippen MR) is 68.8 cm³/mol. The Balaban J connectivity index is 2.29. The number of nitrogens with two attached hydrogens (primary N) is 1. The number of nitrogen functional groups attached to an aromatic ring is 1. The largest absolute Gasteiger partial charge is 0.397 e. The normalized spacial score (nSPS) is 23.6. The van der Waals surface area contributed by atoms with E-state index in [-0.39, 0.29) is 17.5 Å². The van der Waals surface area contributed by atoms with Gasteiger partial charge in [-0.15, -0.1) is 0 Å². The van der Waals surface area contributed by atoms with E-state index in [1.807, 2.05) is 24.8 Å². The molecule has 0 bridgehead atoms. The maximum absolute atomic E-state index is 11.5. The van der Waals surface area contributed by atoms with Gasteiger partial charge in [-0.1, -0.05) is 0 Å². The Morgan fingerprint density at radius 2 is 2.24 bits per heavy atom. The van der Waals surface area contributed by atoms with Gasteiger partial charge in [-0.05, 0) is 25.5 Å². The Kier molecular flexibility index (Phi) is 2.99. The SMILES string of the molecule is Cc1cc(N)cnc1N1CCS(=O)(=O)CC1C. The summed E-state index contributed by atoms with van der Waals surface area (Å²) in [5.41, 5.74) is 7.27. The van der Waals surface area contributed by atoms with Crippen LogP contribution in [0.4, 0.5) is 11.5 Å². The van der Waals surface area contributed by atoms with E-state index in [9.17, 15) is 8.42 Å². The second kappa shape index (κ2) is 4.18. The zero-order chi connectivity index (χ0) is 12.6. The van der Waals surface area contributed by atoms with Crippen molar-refractivity contribution in [1.29, 1.82) is 0 Å². The summed E-state index contributed by atoms with van der Waals surface area (Å²) in [7, 11) is -2.89. The summed E-state index contributed by atoms with van der Waals surface area (Å²) in [4.78, 5) is 6.34. The summed E-state index contributed by atoms with van der Waals surface area (Å²) in [6.07, 6.45) is 1.61. The summed E-state index contributed by atoms with van der Waals surface area (Å²) in [5.74, 6) is 1.23. The number of nitrogens with zero attached hydrogens (tertiary/aromatic N) is 2. The number of aryl methyl sites for hydroxylation is 1. The Labute approximate surface area is 102 Å².